The molecule has 0 aliphatic carbocycles. The van der Waals surface area contributed by atoms with Gasteiger partial charge in [0, 0.05) is 12.5 Å². The van der Waals surface area contributed by atoms with E-state index < -0.39 is 0 Å². The fourth-order valence-electron chi connectivity index (χ4n) is 1.68. The van der Waals surface area contributed by atoms with Gasteiger partial charge in [-0.1, -0.05) is 19.0 Å². The summed E-state index contributed by atoms with van der Waals surface area (Å²) < 4.78 is 10.5. The smallest absolute Gasteiger partial charge is 0.238 e. The Bertz CT molecular complexity index is 488. The lowest BCUT2D eigenvalue weighted by molar-refractivity contribution is 0.373. The Morgan fingerprint density at radius 1 is 1.39 bits per heavy atom. The maximum Gasteiger partial charge on any atom is 0.238 e. The van der Waals surface area contributed by atoms with Crippen molar-refractivity contribution < 1.29 is 8.94 Å². The highest BCUT2D eigenvalue weighted by Gasteiger charge is 2.13. The van der Waals surface area contributed by atoms with Gasteiger partial charge in [-0.05, 0) is 31.5 Å². The van der Waals surface area contributed by atoms with Crippen molar-refractivity contribution in [3.05, 3.63) is 23.8 Å². The summed E-state index contributed by atoms with van der Waals surface area (Å²) >= 11 is 0. The highest BCUT2D eigenvalue weighted by atomic mass is 16.5. The zero-order valence-corrected chi connectivity index (χ0v) is 11.1. The maximum absolute atomic E-state index is 5.32. The lowest BCUT2D eigenvalue weighted by Gasteiger charge is -2.05. The van der Waals surface area contributed by atoms with Crippen molar-refractivity contribution in [1.82, 2.24) is 15.5 Å². The summed E-state index contributed by atoms with van der Waals surface area (Å²) in [6.07, 6.45) is 3.40. The second-order valence-corrected chi connectivity index (χ2v) is 4.66. The van der Waals surface area contributed by atoms with Gasteiger partial charge >= 0.3 is 0 Å². The monoisotopic (exact) mass is 249 g/mol. The zero-order valence-electron chi connectivity index (χ0n) is 11.1. The Morgan fingerprint density at radius 3 is 2.89 bits per heavy atom. The number of hydrogen-bond acceptors (Lipinski definition) is 5. The first-order chi connectivity index (χ1) is 8.66. The highest BCUT2D eigenvalue weighted by molar-refractivity contribution is 5.50. The molecule has 0 aromatic carbocycles. The maximum atomic E-state index is 5.32. The van der Waals surface area contributed by atoms with Crippen molar-refractivity contribution in [1.29, 1.82) is 0 Å². The van der Waals surface area contributed by atoms with Gasteiger partial charge in [0.2, 0.25) is 11.7 Å². The van der Waals surface area contributed by atoms with E-state index in [1.807, 2.05) is 13.0 Å². The number of aromatic nitrogens is 2. The summed E-state index contributed by atoms with van der Waals surface area (Å²) in [4.78, 5) is 4.33. The summed E-state index contributed by atoms with van der Waals surface area (Å²) in [6.45, 7) is 7.17. The molecule has 0 radical (unpaired) electrons. The minimum Gasteiger partial charge on any atom is -0.461 e. The van der Waals surface area contributed by atoms with E-state index in [9.17, 15) is 0 Å². The van der Waals surface area contributed by atoms with Gasteiger partial charge < -0.3 is 14.3 Å². The molecule has 0 saturated heterocycles. The minimum absolute atomic E-state index is 0.508. The standard InChI is InChI=1S/C13H19N3O2/c1-9(2)14-7-4-5-11-15-13(16-18-11)12-10(3)6-8-17-12/h6,8-9,14H,4-5,7H2,1-3H3. The Balaban J connectivity index is 1.89. The van der Waals surface area contributed by atoms with Crippen molar-refractivity contribution in [2.75, 3.05) is 6.54 Å². The normalized spacial score (nSPS) is 11.3. The fraction of sp³-hybridized carbons (Fsp3) is 0.538. The van der Waals surface area contributed by atoms with Crippen LogP contribution in [0.3, 0.4) is 0 Å². The second kappa shape index (κ2) is 5.82. The summed E-state index contributed by atoms with van der Waals surface area (Å²) in [6, 6.07) is 2.40. The lowest BCUT2D eigenvalue weighted by Crippen LogP contribution is -2.23. The van der Waals surface area contributed by atoms with Crippen molar-refractivity contribution in [2.45, 2.75) is 39.7 Å². The largest absolute Gasteiger partial charge is 0.461 e. The molecule has 0 aliphatic heterocycles. The summed E-state index contributed by atoms with van der Waals surface area (Å²) in [5, 5.41) is 7.28. The summed E-state index contributed by atoms with van der Waals surface area (Å²) in [5.74, 6) is 1.88. The van der Waals surface area contributed by atoms with Crippen LogP contribution >= 0.6 is 0 Å². The predicted molar refractivity (Wildman–Crippen MR) is 68.2 cm³/mol. The van der Waals surface area contributed by atoms with Gasteiger partial charge in [0.25, 0.3) is 0 Å². The van der Waals surface area contributed by atoms with Crippen LogP contribution in [0.1, 0.15) is 31.7 Å². The van der Waals surface area contributed by atoms with E-state index in [0.717, 1.165) is 24.9 Å². The second-order valence-electron chi connectivity index (χ2n) is 4.66. The van der Waals surface area contributed by atoms with Crippen molar-refractivity contribution in [3.8, 4) is 11.6 Å². The first-order valence-electron chi connectivity index (χ1n) is 6.27. The summed E-state index contributed by atoms with van der Waals surface area (Å²) in [5.41, 5.74) is 1.02. The molecule has 0 fully saturated rings. The third-order valence-electron chi connectivity index (χ3n) is 2.65. The molecule has 5 nitrogen and oxygen atoms in total. The Labute approximate surface area is 107 Å². The van der Waals surface area contributed by atoms with Crippen LogP contribution in [0.2, 0.25) is 0 Å². The van der Waals surface area contributed by atoms with Crippen LogP contribution in [-0.4, -0.2) is 22.7 Å². The number of aryl methyl sites for hydroxylation is 2. The van der Waals surface area contributed by atoms with E-state index in [1.165, 1.54) is 0 Å². The quantitative estimate of drug-likeness (QED) is 0.797. The van der Waals surface area contributed by atoms with Crippen LogP contribution in [0, 0.1) is 6.92 Å². The van der Waals surface area contributed by atoms with E-state index in [0.29, 0.717) is 23.5 Å². The Hall–Kier alpha value is -1.62. The van der Waals surface area contributed by atoms with Crippen molar-refractivity contribution in [2.24, 2.45) is 0 Å². The number of hydrogen-bond donors (Lipinski definition) is 1. The van der Waals surface area contributed by atoms with Crippen molar-refractivity contribution in [3.63, 3.8) is 0 Å². The SMILES string of the molecule is Cc1ccoc1-c1noc(CCCNC(C)C)n1. The van der Waals surface area contributed by atoms with E-state index in [1.54, 1.807) is 6.26 Å². The molecule has 0 atom stereocenters. The van der Waals surface area contributed by atoms with E-state index in [-0.39, 0.29) is 0 Å². The Kier molecular flexibility index (Phi) is 4.15. The summed E-state index contributed by atoms with van der Waals surface area (Å²) in [7, 11) is 0. The minimum atomic E-state index is 0.508. The van der Waals surface area contributed by atoms with Crippen LogP contribution in [0.15, 0.2) is 21.3 Å². The highest BCUT2D eigenvalue weighted by Crippen LogP contribution is 2.21. The van der Waals surface area contributed by atoms with Crippen molar-refractivity contribution >= 4 is 0 Å². The van der Waals surface area contributed by atoms with Gasteiger partial charge in [0.1, 0.15) is 0 Å². The number of rotatable bonds is 6. The molecule has 1 N–H and O–H groups in total. The molecule has 0 bridgehead atoms. The molecular weight excluding hydrogens is 230 g/mol. The molecule has 0 spiro atoms. The Morgan fingerprint density at radius 2 is 2.22 bits per heavy atom. The molecule has 0 saturated carbocycles. The molecule has 2 heterocycles. The van der Waals surface area contributed by atoms with Crippen LogP contribution in [0.4, 0.5) is 0 Å². The zero-order chi connectivity index (χ0) is 13.0. The molecule has 18 heavy (non-hydrogen) atoms. The third-order valence-corrected chi connectivity index (χ3v) is 2.65. The lowest BCUT2D eigenvalue weighted by atomic mass is 10.2. The first-order valence-corrected chi connectivity index (χ1v) is 6.27. The van der Waals surface area contributed by atoms with Gasteiger partial charge in [-0.15, -0.1) is 0 Å². The van der Waals surface area contributed by atoms with Crippen LogP contribution in [0.25, 0.3) is 11.6 Å². The van der Waals surface area contributed by atoms with Gasteiger partial charge in [0.15, 0.2) is 5.76 Å². The molecule has 0 unspecified atom stereocenters. The van der Waals surface area contributed by atoms with Crippen LogP contribution < -0.4 is 5.32 Å². The molecule has 2 aromatic heterocycles. The topological polar surface area (TPSA) is 64.1 Å². The number of nitrogens with zero attached hydrogens (tertiary/aromatic N) is 2. The predicted octanol–water partition coefficient (Wildman–Crippen LogP) is 2.57. The number of nitrogens with one attached hydrogen (secondary N) is 1. The first kappa shape index (κ1) is 12.8. The average Bonchev–Trinajstić information content (AvgIpc) is 2.92. The molecule has 0 amide bonds. The van der Waals surface area contributed by atoms with Gasteiger partial charge in [-0.2, -0.15) is 4.98 Å². The number of furan rings is 1. The van der Waals surface area contributed by atoms with Crippen LogP contribution in [0.5, 0.6) is 0 Å². The van der Waals surface area contributed by atoms with E-state index in [4.69, 9.17) is 8.94 Å². The van der Waals surface area contributed by atoms with Gasteiger partial charge in [-0.25, -0.2) is 0 Å². The van der Waals surface area contributed by atoms with E-state index >= 15 is 0 Å². The van der Waals surface area contributed by atoms with Gasteiger partial charge in [-0.3, -0.25) is 0 Å². The molecule has 5 heteroatoms. The third kappa shape index (κ3) is 3.20. The molecule has 98 valence electrons. The average molecular weight is 249 g/mol. The molecular formula is C13H19N3O2. The van der Waals surface area contributed by atoms with Gasteiger partial charge in [0.05, 0.1) is 6.26 Å². The molecule has 2 aromatic rings. The fourth-order valence-corrected chi connectivity index (χ4v) is 1.68. The van der Waals surface area contributed by atoms with Crippen LogP contribution in [-0.2, 0) is 6.42 Å². The van der Waals surface area contributed by atoms with E-state index in [2.05, 4.69) is 29.3 Å². The molecule has 0 aliphatic rings. The molecule has 2 rings (SSSR count).